The SMILES string of the molecule is CC(C)(C)OC(=O)C1C=COC1. The Morgan fingerprint density at radius 2 is 2.25 bits per heavy atom. The molecule has 1 atom stereocenters. The van der Waals surface area contributed by atoms with Gasteiger partial charge in [0.25, 0.3) is 0 Å². The summed E-state index contributed by atoms with van der Waals surface area (Å²) in [7, 11) is 0. The van der Waals surface area contributed by atoms with Crippen LogP contribution in [0.5, 0.6) is 0 Å². The van der Waals surface area contributed by atoms with E-state index in [0.717, 1.165) is 0 Å². The zero-order valence-electron chi connectivity index (χ0n) is 7.66. The average Bonchev–Trinajstić information content (AvgIpc) is 2.32. The van der Waals surface area contributed by atoms with Gasteiger partial charge in [-0.05, 0) is 26.8 Å². The Kier molecular flexibility index (Phi) is 2.40. The van der Waals surface area contributed by atoms with Crippen molar-refractivity contribution in [3.63, 3.8) is 0 Å². The van der Waals surface area contributed by atoms with Crippen molar-refractivity contribution in [2.24, 2.45) is 5.92 Å². The van der Waals surface area contributed by atoms with Gasteiger partial charge >= 0.3 is 5.97 Å². The summed E-state index contributed by atoms with van der Waals surface area (Å²) in [5.74, 6) is -0.430. The number of carbonyl (C=O) groups is 1. The Hall–Kier alpha value is -0.990. The summed E-state index contributed by atoms with van der Waals surface area (Å²) < 4.78 is 10.1. The summed E-state index contributed by atoms with van der Waals surface area (Å²) in [4.78, 5) is 11.3. The van der Waals surface area contributed by atoms with Crippen molar-refractivity contribution in [1.29, 1.82) is 0 Å². The third-order valence-corrected chi connectivity index (χ3v) is 1.39. The molecule has 0 aromatic carbocycles. The van der Waals surface area contributed by atoms with E-state index in [1.54, 1.807) is 6.08 Å². The molecule has 0 aromatic heterocycles. The van der Waals surface area contributed by atoms with Gasteiger partial charge in [-0.2, -0.15) is 0 Å². The molecule has 1 unspecified atom stereocenters. The Balaban J connectivity index is 2.43. The minimum atomic E-state index is -0.409. The van der Waals surface area contributed by atoms with Gasteiger partial charge in [0.05, 0.1) is 6.26 Å². The highest BCUT2D eigenvalue weighted by atomic mass is 16.6. The van der Waals surface area contributed by atoms with E-state index in [1.165, 1.54) is 6.26 Å². The summed E-state index contributed by atoms with van der Waals surface area (Å²) in [6.07, 6.45) is 3.25. The molecule has 0 aliphatic carbocycles. The van der Waals surface area contributed by atoms with Crippen LogP contribution in [0.25, 0.3) is 0 Å². The predicted molar refractivity (Wildman–Crippen MR) is 44.4 cm³/mol. The van der Waals surface area contributed by atoms with Crippen LogP contribution in [0, 0.1) is 5.92 Å². The largest absolute Gasteiger partial charge is 0.500 e. The van der Waals surface area contributed by atoms with Crippen molar-refractivity contribution in [3.05, 3.63) is 12.3 Å². The summed E-state index contributed by atoms with van der Waals surface area (Å²) in [5.41, 5.74) is -0.409. The van der Waals surface area contributed by atoms with Crippen LogP contribution in [0.2, 0.25) is 0 Å². The lowest BCUT2D eigenvalue weighted by Crippen LogP contribution is -2.28. The topological polar surface area (TPSA) is 35.5 Å². The van der Waals surface area contributed by atoms with Gasteiger partial charge in [0.15, 0.2) is 0 Å². The van der Waals surface area contributed by atoms with Crippen molar-refractivity contribution in [2.45, 2.75) is 26.4 Å². The van der Waals surface area contributed by atoms with Gasteiger partial charge in [0.1, 0.15) is 18.1 Å². The Morgan fingerprint density at radius 3 is 2.67 bits per heavy atom. The van der Waals surface area contributed by atoms with Gasteiger partial charge in [0.2, 0.25) is 0 Å². The van der Waals surface area contributed by atoms with Crippen LogP contribution in [0.15, 0.2) is 12.3 Å². The number of rotatable bonds is 1. The Bertz CT molecular complexity index is 200. The summed E-state index contributed by atoms with van der Waals surface area (Å²) in [6.45, 7) is 5.97. The molecule has 0 spiro atoms. The van der Waals surface area contributed by atoms with E-state index in [4.69, 9.17) is 9.47 Å². The molecule has 0 aromatic rings. The first-order chi connectivity index (χ1) is 5.49. The average molecular weight is 170 g/mol. The van der Waals surface area contributed by atoms with Crippen molar-refractivity contribution >= 4 is 5.97 Å². The molecular formula is C9H14O3. The Morgan fingerprint density at radius 1 is 1.58 bits per heavy atom. The van der Waals surface area contributed by atoms with Crippen LogP contribution in [0.3, 0.4) is 0 Å². The van der Waals surface area contributed by atoms with Crippen LogP contribution < -0.4 is 0 Å². The first-order valence-electron chi connectivity index (χ1n) is 4.00. The van der Waals surface area contributed by atoms with Crippen LogP contribution in [-0.2, 0) is 14.3 Å². The zero-order chi connectivity index (χ0) is 9.19. The van der Waals surface area contributed by atoms with Gasteiger partial charge in [-0.25, -0.2) is 0 Å². The molecule has 1 heterocycles. The molecule has 1 aliphatic rings. The molecule has 3 nitrogen and oxygen atoms in total. The van der Waals surface area contributed by atoms with Gasteiger partial charge in [-0.1, -0.05) is 0 Å². The van der Waals surface area contributed by atoms with Gasteiger partial charge < -0.3 is 9.47 Å². The molecule has 0 amide bonds. The monoisotopic (exact) mass is 170 g/mol. The highest BCUT2D eigenvalue weighted by molar-refractivity contribution is 5.75. The van der Waals surface area contributed by atoms with E-state index in [-0.39, 0.29) is 11.9 Å². The quantitative estimate of drug-likeness (QED) is 0.559. The second-order valence-corrected chi connectivity index (χ2v) is 3.80. The lowest BCUT2D eigenvalue weighted by atomic mass is 10.1. The van der Waals surface area contributed by atoms with E-state index >= 15 is 0 Å². The molecule has 0 N–H and O–H groups in total. The molecule has 68 valence electrons. The zero-order valence-corrected chi connectivity index (χ0v) is 7.66. The van der Waals surface area contributed by atoms with Crippen molar-refractivity contribution < 1.29 is 14.3 Å². The van der Waals surface area contributed by atoms with Gasteiger partial charge in [-0.3, -0.25) is 4.79 Å². The molecule has 0 radical (unpaired) electrons. The summed E-state index contributed by atoms with van der Waals surface area (Å²) >= 11 is 0. The third kappa shape index (κ3) is 2.57. The normalized spacial score (nSPS) is 22.1. The molecule has 0 saturated carbocycles. The lowest BCUT2D eigenvalue weighted by Gasteiger charge is -2.20. The van der Waals surface area contributed by atoms with Gasteiger partial charge in [-0.15, -0.1) is 0 Å². The van der Waals surface area contributed by atoms with E-state index in [0.29, 0.717) is 6.61 Å². The summed E-state index contributed by atoms with van der Waals surface area (Å²) in [5, 5.41) is 0. The fourth-order valence-corrected chi connectivity index (χ4v) is 0.889. The highest BCUT2D eigenvalue weighted by Gasteiger charge is 2.25. The number of esters is 1. The van der Waals surface area contributed by atoms with E-state index in [2.05, 4.69) is 0 Å². The first kappa shape index (κ1) is 9.10. The van der Waals surface area contributed by atoms with E-state index < -0.39 is 5.60 Å². The number of carbonyl (C=O) groups excluding carboxylic acids is 1. The number of hydrogen-bond acceptors (Lipinski definition) is 3. The highest BCUT2D eigenvalue weighted by Crippen LogP contribution is 2.15. The number of hydrogen-bond donors (Lipinski definition) is 0. The molecule has 3 heteroatoms. The molecular weight excluding hydrogens is 156 g/mol. The van der Waals surface area contributed by atoms with Crippen LogP contribution in [0.4, 0.5) is 0 Å². The second kappa shape index (κ2) is 3.17. The van der Waals surface area contributed by atoms with Crippen LogP contribution in [-0.4, -0.2) is 18.2 Å². The second-order valence-electron chi connectivity index (χ2n) is 3.80. The van der Waals surface area contributed by atoms with E-state index in [1.807, 2.05) is 20.8 Å². The van der Waals surface area contributed by atoms with Gasteiger partial charge in [0, 0.05) is 0 Å². The molecule has 0 fully saturated rings. The van der Waals surface area contributed by atoms with Crippen molar-refractivity contribution in [2.75, 3.05) is 6.61 Å². The van der Waals surface area contributed by atoms with Crippen LogP contribution in [0.1, 0.15) is 20.8 Å². The fourth-order valence-electron chi connectivity index (χ4n) is 0.889. The van der Waals surface area contributed by atoms with Crippen molar-refractivity contribution in [3.8, 4) is 0 Å². The third-order valence-electron chi connectivity index (χ3n) is 1.39. The Labute approximate surface area is 72.4 Å². The molecule has 1 rings (SSSR count). The smallest absolute Gasteiger partial charge is 0.316 e. The summed E-state index contributed by atoms with van der Waals surface area (Å²) in [6, 6.07) is 0. The predicted octanol–water partition coefficient (Wildman–Crippen LogP) is 1.49. The molecule has 12 heavy (non-hydrogen) atoms. The minimum Gasteiger partial charge on any atom is -0.500 e. The molecule has 1 aliphatic heterocycles. The first-order valence-corrected chi connectivity index (χ1v) is 4.00. The fraction of sp³-hybridized carbons (Fsp3) is 0.667. The lowest BCUT2D eigenvalue weighted by molar-refractivity contribution is -0.158. The molecule has 0 saturated heterocycles. The maximum atomic E-state index is 11.3. The standard InChI is InChI=1S/C9H14O3/c1-9(2,3)12-8(10)7-4-5-11-6-7/h4-5,7H,6H2,1-3H3. The minimum absolute atomic E-state index is 0.212. The van der Waals surface area contributed by atoms with E-state index in [9.17, 15) is 4.79 Å². The maximum absolute atomic E-state index is 11.3. The van der Waals surface area contributed by atoms with Crippen molar-refractivity contribution in [1.82, 2.24) is 0 Å². The molecule has 0 bridgehead atoms. The number of ether oxygens (including phenoxy) is 2. The maximum Gasteiger partial charge on any atom is 0.316 e. The van der Waals surface area contributed by atoms with Crippen LogP contribution >= 0.6 is 0 Å².